The number of rotatable bonds is 6. The van der Waals surface area contributed by atoms with E-state index in [0.717, 1.165) is 12.8 Å². The number of carboxylic acids is 1. The number of hydrogen-bond acceptors (Lipinski definition) is 5. The maximum atomic E-state index is 10.9. The number of aromatic nitrogens is 1. The van der Waals surface area contributed by atoms with Gasteiger partial charge in [0.15, 0.2) is 0 Å². The highest BCUT2D eigenvalue weighted by Gasteiger charge is 2.33. The van der Waals surface area contributed by atoms with E-state index in [0.29, 0.717) is 0 Å². The van der Waals surface area contributed by atoms with Crippen molar-refractivity contribution in [3.05, 3.63) is 28.4 Å². The van der Waals surface area contributed by atoms with Crippen molar-refractivity contribution in [2.24, 2.45) is 0 Å². The van der Waals surface area contributed by atoms with E-state index in [1.165, 1.54) is 18.3 Å². The number of carboxylic acid groups (broad SMARTS) is 1. The van der Waals surface area contributed by atoms with Gasteiger partial charge in [-0.25, -0.2) is 4.98 Å². The topological polar surface area (TPSA) is 96.6 Å². The third kappa shape index (κ3) is 2.73. The monoisotopic (exact) mass is 251 g/mol. The molecule has 1 aromatic rings. The standard InChI is InChI=1S/C11H13N3O4/c15-10(16)5-7-13(8-3-4-8)11-9(14(17)18)2-1-6-12-11/h1-2,6,8H,3-5,7H2,(H,15,16). The van der Waals surface area contributed by atoms with E-state index in [2.05, 4.69) is 4.98 Å². The zero-order valence-electron chi connectivity index (χ0n) is 9.65. The minimum absolute atomic E-state index is 0.0514. The van der Waals surface area contributed by atoms with Crippen LogP contribution in [-0.2, 0) is 4.79 Å². The number of aliphatic carboxylic acids is 1. The molecule has 1 saturated carbocycles. The molecule has 0 atom stereocenters. The number of hydrogen-bond donors (Lipinski definition) is 1. The summed E-state index contributed by atoms with van der Waals surface area (Å²) in [7, 11) is 0. The van der Waals surface area contributed by atoms with Crippen molar-refractivity contribution < 1.29 is 14.8 Å². The summed E-state index contributed by atoms with van der Waals surface area (Å²) in [6.07, 6.45) is 3.28. The Morgan fingerprint density at radius 3 is 2.89 bits per heavy atom. The van der Waals surface area contributed by atoms with E-state index in [-0.39, 0.29) is 30.5 Å². The highest BCUT2D eigenvalue weighted by Crippen LogP contribution is 2.35. The average molecular weight is 251 g/mol. The van der Waals surface area contributed by atoms with Gasteiger partial charge in [-0.15, -0.1) is 0 Å². The minimum Gasteiger partial charge on any atom is -0.481 e. The summed E-state index contributed by atoms with van der Waals surface area (Å²) >= 11 is 0. The molecule has 1 heterocycles. The molecule has 0 saturated heterocycles. The lowest BCUT2D eigenvalue weighted by molar-refractivity contribution is -0.384. The Morgan fingerprint density at radius 1 is 1.61 bits per heavy atom. The molecule has 0 aliphatic heterocycles. The zero-order chi connectivity index (χ0) is 13.1. The summed E-state index contributed by atoms with van der Waals surface area (Å²) in [4.78, 5) is 26.8. The van der Waals surface area contributed by atoms with Crippen LogP contribution in [-0.4, -0.2) is 33.6 Å². The van der Waals surface area contributed by atoms with Gasteiger partial charge in [-0.1, -0.05) is 0 Å². The summed E-state index contributed by atoms with van der Waals surface area (Å²) < 4.78 is 0. The van der Waals surface area contributed by atoms with Crippen molar-refractivity contribution in [2.75, 3.05) is 11.4 Å². The van der Waals surface area contributed by atoms with Crippen LogP contribution in [0, 0.1) is 10.1 Å². The average Bonchev–Trinajstić information content (AvgIpc) is 3.14. The minimum atomic E-state index is -0.917. The number of carbonyl (C=O) groups is 1. The second-order valence-electron chi connectivity index (χ2n) is 4.17. The molecule has 18 heavy (non-hydrogen) atoms. The molecule has 0 radical (unpaired) electrons. The Kier molecular flexibility index (Phi) is 3.40. The number of nitro groups is 1. The van der Waals surface area contributed by atoms with E-state index in [4.69, 9.17) is 5.11 Å². The van der Waals surface area contributed by atoms with Crippen LogP contribution in [0.1, 0.15) is 19.3 Å². The highest BCUT2D eigenvalue weighted by atomic mass is 16.6. The maximum Gasteiger partial charge on any atom is 0.311 e. The van der Waals surface area contributed by atoms with Crippen LogP contribution < -0.4 is 4.90 Å². The van der Waals surface area contributed by atoms with Crippen LogP contribution in [0.25, 0.3) is 0 Å². The van der Waals surface area contributed by atoms with Gasteiger partial charge < -0.3 is 10.0 Å². The molecule has 2 rings (SSSR count). The zero-order valence-corrected chi connectivity index (χ0v) is 9.65. The van der Waals surface area contributed by atoms with Gasteiger partial charge in [0.1, 0.15) is 0 Å². The second kappa shape index (κ2) is 4.99. The summed E-state index contributed by atoms with van der Waals surface area (Å²) in [5.74, 6) is -0.648. The van der Waals surface area contributed by atoms with Crippen molar-refractivity contribution in [2.45, 2.75) is 25.3 Å². The van der Waals surface area contributed by atoms with Gasteiger partial charge in [0.05, 0.1) is 11.3 Å². The Labute approximate surface area is 103 Å². The fourth-order valence-corrected chi connectivity index (χ4v) is 1.82. The molecule has 0 amide bonds. The molecule has 0 bridgehead atoms. The van der Waals surface area contributed by atoms with Crippen LogP contribution in [0.3, 0.4) is 0 Å². The molecule has 1 aliphatic rings. The molecule has 0 aromatic carbocycles. The second-order valence-corrected chi connectivity index (χ2v) is 4.17. The predicted octanol–water partition coefficient (Wildman–Crippen LogP) is 1.43. The van der Waals surface area contributed by atoms with Gasteiger partial charge >= 0.3 is 11.7 Å². The quantitative estimate of drug-likeness (QED) is 0.606. The van der Waals surface area contributed by atoms with E-state index in [9.17, 15) is 14.9 Å². The Bertz CT molecular complexity index is 473. The van der Waals surface area contributed by atoms with Gasteiger partial charge in [0, 0.05) is 24.8 Å². The molecule has 1 aliphatic carbocycles. The molecular weight excluding hydrogens is 238 g/mol. The third-order valence-electron chi connectivity index (χ3n) is 2.79. The molecule has 7 heteroatoms. The number of pyridine rings is 1. The first-order valence-corrected chi connectivity index (χ1v) is 5.67. The Balaban J connectivity index is 2.24. The largest absolute Gasteiger partial charge is 0.481 e. The van der Waals surface area contributed by atoms with Crippen LogP contribution >= 0.6 is 0 Å². The van der Waals surface area contributed by atoms with Crippen LogP contribution in [0.2, 0.25) is 0 Å². The van der Waals surface area contributed by atoms with E-state index < -0.39 is 10.9 Å². The summed E-state index contributed by atoms with van der Waals surface area (Å²) in [6, 6.07) is 3.07. The first-order valence-electron chi connectivity index (χ1n) is 5.67. The summed E-state index contributed by atoms with van der Waals surface area (Å²) in [6.45, 7) is 0.248. The molecule has 1 N–H and O–H groups in total. The first kappa shape index (κ1) is 12.3. The van der Waals surface area contributed by atoms with Crippen molar-refractivity contribution in [3.8, 4) is 0 Å². The van der Waals surface area contributed by atoms with E-state index in [1.807, 2.05) is 0 Å². The molecular formula is C11H13N3O4. The molecule has 1 fully saturated rings. The van der Waals surface area contributed by atoms with Gasteiger partial charge in [0.25, 0.3) is 0 Å². The molecule has 0 spiro atoms. The van der Waals surface area contributed by atoms with Crippen LogP contribution in [0.15, 0.2) is 18.3 Å². The van der Waals surface area contributed by atoms with Gasteiger partial charge in [-0.05, 0) is 18.9 Å². The van der Waals surface area contributed by atoms with Crippen LogP contribution in [0.5, 0.6) is 0 Å². The fraction of sp³-hybridized carbons (Fsp3) is 0.455. The van der Waals surface area contributed by atoms with Crippen molar-refractivity contribution in [1.82, 2.24) is 4.98 Å². The van der Waals surface area contributed by atoms with E-state index in [1.54, 1.807) is 4.90 Å². The fourth-order valence-electron chi connectivity index (χ4n) is 1.82. The maximum absolute atomic E-state index is 10.9. The van der Waals surface area contributed by atoms with Crippen molar-refractivity contribution in [3.63, 3.8) is 0 Å². The molecule has 7 nitrogen and oxygen atoms in total. The molecule has 0 unspecified atom stereocenters. The lowest BCUT2D eigenvalue weighted by Crippen LogP contribution is -2.29. The normalized spacial score (nSPS) is 14.2. The highest BCUT2D eigenvalue weighted by molar-refractivity contribution is 5.68. The predicted molar refractivity (Wildman–Crippen MR) is 63.5 cm³/mol. The van der Waals surface area contributed by atoms with Gasteiger partial charge in [-0.3, -0.25) is 14.9 Å². The van der Waals surface area contributed by atoms with Crippen molar-refractivity contribution >= 4 is 17.5 Å². The smallest absolute Gasteiger partial charge is 0.311 e. The SMILES string of the molecule is O=C(O)CCN(c1ncccc1[N+](=O)[O-])C1CC1. The lowest BCUT2D eigenvalue weighted by atomic mass is 10.3. The number of anilines is 1. The third-order valence-corrected chi connectivity index (χ3v) is 2.79. The van der Waals surface area contributed by atoms with Gasteiger partial charge in [0.2, 0.25) is 5.82 Å². The van der Waals surface area contributed by atoms with Crippen molar-refractivity contribution in [1.29, 1.82) is 0 Å². The Hall–Kier alpha value is -2.18. The first-order chi connectivity index (χ1) is 8.59. The van der Waals surface area contributed by atoms with Gasteiger partial charge in [-0.2, -0.15) is 0 Å². The van der Waals surface area contributed by atoms with Crippen LogP contribution in [0.4, 0.5) is 11.5 Å². The molecule has 1 aromatic heterocycles. The molecule has 96 valence electrons. The summed E-state index contributed by atoms with van der Waals surface area (Å²) in [5, 5.41) is 19.6. The lowest BCUT2D eigenvalue weighted by Gasteiger charge is -2.22. The van der Waals surface area contributed by atoms with E-state index >= 15 is 0 Å². The number of nitrogens with zero attached hydrogens (tertiary/aromatic N) is 3. The summed E-state index contributed by atoms with van der Waals surface area (Å²) in [5.41, 5.74) is -0.0743. The Morgan fingerprint density at radius 2 is 2.33 bits per heavy atom.